The first-order chi connectivity index (χ1) is 8.59. The smallest absolute Gasteiger partial charge is 0.227 e. The van der Waals surface area contributed by atoms with E-state index in [4.69, 9.17) is 5.73 Å². The second kappa shape index (κ2) is 5.18. The van der Waals surface area contributed by atoms with E-state index in [1.54, 1.807) is 29.8 Å². The fourth-order valence-electron chi connectivity index (χ4n) is 1.45. The summed E-state index contributed by atoms with van der Waals surface area (Å²) in [5.41, 5.74) is 5.43. The van der Waals surface area contributed by atoms with Crippen molar-refractivity contribution in [3.63, 3.8) is 0 Å². The van der Waals surface area contributed by atoms with Crippen LogP contribution in [0.3, 0.4) is 0 Å². The highest BCUT2D eigenvalue weighted by atomic mass is 32.2. The highest BCUT2D eigenvalue weighted by Gasteiger charge is 2.14. The molecule has 94 valence electrons. The minimum atomic E-state index is -0.435. The van der Waals surface area contributed by atoms with E-state index in [0.29, 0.717) is 16.5 Å². The van der Waals surface area contributed by atoms with Crippen LogP contribution in [0.2, 0.25) is 0 Å². The van der Waals surface area contributed by atoms with E-state index in [-0.39, 0.29) is 11.6 Å². The van der Waals surface area contributed by atoms with Crippen LogP contribution in [0.1, 0.15) is 0 Å². The number of amides is 1. The van der Waals surface area contributed by atoms with Gasteiger partial charge in [0.05, 0.1) is 11.3 Å². The van der Waals surface area contributed by atoms with Crippen LogP contribution in [-0.4, -0.2) is 26.4 Å². The molecule has 0 spiro atoms. The Hall–Kier alpha value is -1.89. The fraction of sp³-hybridized carbons (Fsp3) is 0.182. The van der Waals surface area contributed by atoms with Gasteiger partial charge in [-0.15, -0.1) is 10.2 Å². The standard InChI is InChI=1S/C11H11FN4OS/c1-16-10(7-4-2-3-5-8(7)12)14-15-11(16)18-6-9(13)17/h2-5H,6H2,1H3,(H2,13,17). The Morgan fingerprint density at radius 3 is 2.83 bits per heavy atom. The van der Waals surface area contributed by atoms with Crippen molar-refractivity contribution in [2.45, 2.75) is 5.16 Å². The summed E-state index contributed by atoms with van der Waals surface area (Å²) in [6.45, 7) is 0. The van der Waals surface area contributed by atoms with Gasteiger partial charge in [0.2, 0.25) is 5.91 Å². The number of thioether (sulfide) groups is 1. The number of primary amides is 1. The predicted octanol–water partition coefficient (Wildman–Crippen LogP) is 1.20. The van der Waals surface area contributed by atoms with Crippen LogP contribution in [0.5, 0.6) is 0 Å². The maximum Gasteiger partial charge on any atom is 0.227 e. The van der Waals surface area contributed by atoms with Crippen molar-refractivity contribution in [1.29, 1.82) is 0 Å². The molecule has 5 nitrogen and oxygen atoms in total. The molecule has 18 heavy (non-hydrogen) atoms. The number of halogens is 1. The quantitative estimate of drug-likeness (QED) is 0.844. The normalized spacial score (nSPS) is 10.6. The topological polar surface area (TPSA) is 73.8 Å². The van der Waals surface area contributed by atoms with Crippen molar-refractivity contribution >= 4 is 17.7 Å². The van der Waals surface area contributed by atoms with Gasteiger partial charge in [0, 0.05) is 7.05 Å². The van der Waals surface area contributed by atoms with E-state index in [1.165, 1.54) is 17.8 Å². The van der Waals surface area contributed by atoms with Crippen molar-refractivity contribution in [2.75, 3.05) is 5.75 Å². The molecule has 7 heteroatoms. The molecule has 0 aliphatic heterocycles. The van der Waals surface area contributed by atoms with Gasteiger partial charge in [-0.25, -0.2) is 4.39 Å². The van der Waals surface area contributed by atoms with Gasteiger partial charge in [0.15, 0.2) is 11.0 Å². The van der Waals surface area contributed by atoms with Crippen molar-refractivity contribution in [2.24, 2.45) is 12.8 Å². The molecule has 0 saturated carbocycles. The number of hydrogen-bond acceptors (Lipinski definition) is 4. The van der Waals surface area contributed by atoms with Gasteiger partial charge in [0.25, 0.3) is 0 Å². The van der Waals surface area contributed by atoms with E-state index >= 15 is 0 Å². The highest BCUT2D eigenvalue weighted by molar-refractivity contribution is 7.99. The van der Waals surface area contributed by atoms with Gasteiger partial charge in [-0.2, -0.15) is 0 Å². The lowest BCUT2D eigenvalue weighted by atomic mass is 10.2. The average molecular weight is 266 g/mol. The molecule has 1 aromatic heterocycles. The first-order valence-corrected chi connectivity index (χ1v) is 6.13. The largest absolute Gasteiger partial charge is 0.369 e. The third-order valence-electron chi connectivity index (χ3n) is 2.29. The van der Waals surface area contributed by atoms with E-state index in [0.717, 1.165) is 0 Å². The molecule has 2 rings (SSSR count). The Kier molecular flexibility index (Phi) is 3.61. The molecule has 0 unspecified atom stereocenters. The monoisotopic (exact) mass is 266 g/mol. The molecule has 1 heterocycles. The number of benzene rings is 1. The molecule has 1 aromatic carbocycles. The van der Waals surface area contributed by atoms with Crippen molar-refractivity contribution in [1.82, 2.24) is 14.8 Å². The van der Waals surface area contributed by atoms with Gasteiger partial charge >= 0.3 is 0 Å². The zero-order valence-corrected chi connectivity index (χ0v) is 10.4. The first kappa shape index (κ1) is 12.6. The maximum atomic E-state index is 13.6. The second-order valence-corrected chi connectivity index (χ2v) is 4.54. The minimum Gasteiger partial charge on any atom is -0.369 e. The lowest BCUT2D eigenvalue weighted by Crippen LogP contribution is -2.13. The van der Waals surface area contributed by atoms with Crippen LogP contribution < -0.4 is 5.73 Å². The number of nitrogens with two attached hydrogens (primary N) is 1. The molecule has 2 N–H and O–H groups in total. The number of aromatic nitrogens is 3. The molecule has 0 saturated heterocycles. The summed E-state index contributed by atoms with van der Waals surface area (Å²) in [7, 11) is 1.71. The molecular formula is C11H11FN4OS. The molecule has 0 radical (unpaired) electrons. The maximum absolute atomic E-state index is 13.6. The predicted molar refractivity (Wildman–Crippen MR) is 66.3 cm³/mol. The van der Waals surface area contributed by atoms with Crippen LogP contribution in [0.25, 0.3) is 11.4 Å². The van der Waals surface area contributed by atoms with Gasteiger partial charge < -0.3 is 10.3 Å². The summed E-state index contributed by atoms with van der Waals surface area (Å²) in [5, 5.41) is 8.35. The Bertz CT molecular complexity index is 584. The Labute approximate surface area is 107 Å². The van der Waals surface area contributed by atoms with E-state index < -0.39 is 5.91 Å². The molecule has 0 fully saturated rings. The lowest BCUT2D eigenvalue weighted by Gasteiger charge is -2.03. The van der Waals surface area contributed by atoms with E-state index in [9.17, 15) is 9.18 Å². The number of hydrogen-bond donors (Lipinski definition) is 1. The molecule has 0 atom stereocenters. The van der Waals surface area contributed by atoms with Crippen molar-refractivity contribution in [3.8, 4) is 11.4 Å². The Morgan fingerprint density at radius 2 is 2.17 bits per heavy atom. The molecule has 0 bridgehead atoms. The number of rotatable bonds is 4. The molecule has 2 aromatic rings. The number of carbonyl (C=O) groups excluding carboxylic acids is 1. The Balaban J connectivity index is 2.31. The highest BCUT2D eigenvalue weighted by Crippen LogP contribution is 2.24. The Morgan fingerprint density at radius 1 is 1.44 bits per heavy atom. The van der Waals surface area contributed by atoms with Gasteiger partial charge in [-0.05, 0) is 12.1 Å². The third-order valence-corrected chi connectivity index (χ3v) is 3.34. The summed E-state index contributed by atoms with van der Waals surface area (Å²) in [5.74, 6) is -0.265. The van der Waals surface area contributed by atoms with Crippen LogP contribution in [0.15, 0.2) is 29.4 Å². The summed E-state index contributed by atoms with van der Waals surface area (Å²) in [4.78, 5) is 10.7. The van der Waals surface area contributed by atoms with Gasteiger partial charge in [-0.1, -0.05) is 23.9 Å². The van der Waals surface area contributed by atoms with Crippen molar-refractivity contribution in [3.05, 3.63) is 30.1 Å². The third kappa shape index (κ3) is 2.51. The van der Waals surface area contributed by atoms with Crippen LogP contribution in [0, 0.1) is 5.82 Å². The van der Waals surface area contributed by atoms with Gasteiger partial charge in [-0.3, -0.25) is 4.79 Å². The molecule has 0 aliphatic carbocycles. The van der Waals surface area contributed by atoms with Gasteiger partial charge in [0.1, 0.15) is 5.82 Å². The minimum absolute atomic E-state index is 0.114. The SMILES string of the molecule is Cn1c(SCC(N)=O)nnc1-c1ccccc1F. The molecule has 0 aliphatic rings. The number of carbonyl (C=O) groups is 1. The zero-order chi connectivity index (χ0) is 13.1. The average Bonchev–Trinajstić information content (AvgIpc) is 2.69. The summed E-state index contributed by atoms with van der Waals surface area (Å²) in [6.07, 6.45) is 0. The van der Waals surface area contributed by atoms with Crippen LogP contribution >= 0.6 is 11.8 Å². The molecule has 1 amide bonds. The van der Waals surface area contributed by atoms with E-state index in [1.807, 2.05) is 0 Å². The lowest BCUT2D eigenvalue weighted by molar-refractivity contribution is -0.115. The van der Waals surface area contributed by atoms with Crippen LogP contribution in [-0.2, 0) is 11.8 Å². The second-order valence-electron chi connectivity index (χ2n) is 3.60. The fourth-order valence-corrected chi connectivity index (χ4v) is 2.10. The van der Waals surface area contributed by atoms with Crippen molar-refractivity contribution < 1.29 is 9.18 Å². The summed E-state index contributed by atoms with van der Waals surface area (Å²) >= 11 is 1.17. The molecular weight excluding hydrogens is 255 g/mol. The zero-order valence-electron chi connectivity index (χ0n) is 9.63. The number of nitrogens with zero attached hydrogens (tertiary/aromatic N) is 3. The first-order valence-electron chi connectivity index (χ1n) is 5.15. The summed E-state index contributed by atoms with van der Waals surface area (Å²) in [6, 6.07) is 6.32. The van der Waals surface area contributed by atoms with Crippen LogP contribution in [0.4, 0.5) is 4.39 Å². The van der Waals surface area contributed by atoms with E-state index in [2.05, 4.69) is 10.2 Å². The summed E-state index contributed by atoms with van der Waals surface area (Å²) < 4.78 is 15.2.